The maximum absolute atomic E-state index is 2.50. The number of hydrogen-bond donors (Lipinski definition) is 0. The van der Waals surface area contributed by atoms with Crippen molar-refractivity contribution in [1.29, 1.82) is 0 Å². The van der Waals surface area contributed by atoms with Crippen LogP contribution in [0.15, 0.2) is 24.3 Å². The lowest BCUT2D eigenvalue weighted by molar-refractivity contribution is 0.136. The molecule has 0 saturated carbocycles. The molecular formula is C14H23N. The summed E-state index contributed by atoms with van der Waals surface area (Å²) in [6.07, 6.45) is 0. The minimum Gasteiger partial charge on any atom is -0.295 e. The lowest BCUT2D eigenvalue weighted by Gasteiger charge is -2.35. The summed E-state index contributed by atoms with van der Waals surface area (Å²) in [5.74, 6) is 0. The summed E-state index contributed by atoms with van der Waals surface area (Å²) in [4.78, 5) is 2.50. The Kier molecular flexibility index (Phi) is 3.92. The molecule has 0 unspecified atom stereocenters. The fourth-order valence-electron chi connectivity index (χ4n) is 1.82. The van der Waals surface area contributed by atoms with Crippen LogP contribution in [-0.4, -0.2) is 17.0 Å². The first-order valence-corrected chi connectivity index (χ1v) is 5.74. The fraction of sp³-hybridized carbons (Fsp3) is 0.571. The minimum atomic E-state index is 0.247. The van der Waals surface area contributed by atoms with Crippen molar-refractivity contribution < 1.29 is 0 Å². The van der Waals surface area contributed by atoms with Gasteiger partial charge < -0.3 is 0 Å². The van der Waals surface area contributed by atoms with Gasteiger partial charge in [0.05, 0.1) is 0 Å². The van der Waals surface area contributed by atoms with Gasteiger partial charge in [-0.05, 0) is 45.4 Å². The van der Waals surface area contributed by atoms with Crippen molar-refractivity contribution in [3.8, 4) is 0 Å². The predicted molar refractivity (Wildman–Crippen MR) is 67.0 cm³/mol. The largest absolute Gasteiger partial charge is 0.295 e. The van der Waals surface area contributed by atoms with Crippen LogP contribution < -0.4 is 0 Å². The van der Waals surface area contributed by atoms with E-state index in [-0.39, 0.29) is 5.54 Å². The van der Waals surface area contributed by atoms with Crippen molar-refractivity contribution in [2.45, 2.75) is 46.7 Å². The second-order valence-electron chi connectivity index (χ2n) is 5.11. The van der Waals surface area contributed by atoms with E-state index < -0.39 is 0 Å². The Morgan fingerprint density at radius 3 is 2.20 bits per heavy atom. The van der Waals surface area contributed by atoms with Crippen molar-refractivity contribution in [1.82, 2.24) is 4.90 Å². The summed E-state index contributed by atoms with van der Waals surface area (Å²) >= 11 is 0. The molecule has 0 heterocycles. The molecule has 1 aromatic rings. The molecule has 0 amide bonds. The van der Waals surface area contributed by atoms with E-state index in [2.05, 4.69) is 63.8 Å². The SMILES string of the molecule is CCN(Cc1ccccc1C)C(C)(C)C. The number of aryl methyl sites for hydroxylation is 1. The summed E-state index contributed by atoms with van der Waals surface area (Å²) in [6.45, 7) is 13.4. The predicted octanol–water partition coefficient (Wildman–Crippen LogP) is 3.62. The third-order valence-electron chi connectivity index (χ3n) is 2.95. The molecule has 1 nitrogen and oxygen atoms in total. The molecule has 0 atom stereocenters. The maximum atomic E-state index is 2.50. The smallest absolute Gasteiger partial charge is 0.0241 e. The zero-order valence-corrected chi connectivity index (χ0v) is 10.7. The van der Waals surface area contributed by atoms with E-state index in [1.807, 2.05) is 0 Å². The van der Waals surface area contributed by atoms with Gasteiger partial charge in [-0.3, -0.25) is 4.90 Å². The minimum absolute atomic E-state index is 0.247. The molecule has 0 N–H and O–H groups in total. The second-order valence-corrected chi connectivity index (χ2v) is 5.11. The molecule has 0 spiro atoms. The molecule has 1 heteroatoms. The number of hydrogen-bond acceptors (Lipinski definition) is 1. The van der Waals surface area contributed by atoms with E-state index in [0.717, 1.165) is 13.1 Å². The van der Waals surface area contributed by atoms with Crippen LogP contribution in [-0.2, 0) is 6.54 Å². The van der Waals surface area contributed by atoms with E-state index in [1.54, 1.807) is 0 Å². The molecule has 0 radical (unpaired) electrons. The van der Waals surface area contributed by atoms with E-state index in [9.17, 15) is 0 Å². The van der Waals surface area contributed by atoms with Gasteiger partial charge in [0.2, 0.25) is 0 Å². The standard InChI is InChI=1S/C14H23N/c1-6-15(14(3,4)5)11-13-10-8-7-9-12(13)2/h7-10H,6,11H2,1-5H3. The molecule has 0 saturated heterocycles. The molecule has 0 aliphatic heterocycles. The van der Waals surface area contributed by atoms with Crippen LogP contribution in [0.25, 0.3) is 0 Å². The van der Waals surface area contributed by atoms with E-state index in [4.69, 9.17) is 0 Å². The molecule has 1 rings (SSSR count). The second kappa shape index (κ2) is 4.80. The summed E-state index contributed by atoms with van der Waals surface area (Å²) < 4.78 is 0. The van der Waals surface area contributed by atoms with Gasteiger partial charge >= 0.3 is 0 Å². The van der Waals surface area contributed by atoms with Crippen molar-refractivity contribution in [3.05, 3.63) is 35.4 Å². The van der Waals surface area contributed by atoms with Gasteiger partial charge in [0.25, 0.3) is 0 Å². The zero-order valence-electron chi connectivity index (χ0n) is 10.7. The quantitative estimate of drug-likeness (QED) is 0.728. The molecular weight excluding hydrogens is 182 g/mol. The first-order valence-electron chi connectivity index (χ1n) is 5.74. The maximum Gasteiger partial charge on any atom is 0.0241 e. The van der Waals surface area contributed by atoms with Gasteiger partial charge in [-0.15, -0.1) is 0 Å². The third kappa shape index (κ3) is 3.35. The lowest BCUT2D eigenvalue weighted by Crippen LogP contribution is -2.40. The molecule has 84 valence electrons. The Balaban J connectivity index is 2.80. The monoisotopic (exact) mass is 205 g/mol. The van der Waals surface area contributed by atoms with Crippen LogP contribution in [0.4, 0.5) is 0 Å². The molecule has 0 aromatic heterocycles. The van der Waals surface area contributed by atoms with Crippen molar-refractivity contribution in [2.24, 2.45) is 0 Å². The van der Waals surface area contributed by atoms with E-state index in [0.29, 0.717) is 0 Å². The highest BCUT2D eigenvalue weighted by Gasteiger charge is 2.19. The Hall–Kier alpha value is -0.820. The Morgan fingerprint density at radius 1 is 1.13 bits per heavy atom. The number of benzene rings is 1. The molecule has 0 aliphatic carbocycles. The van der Waals surface area contributed by atoms with Crippen molar-refractivity contribution in [3.63, 3.8) is 0 Å². The fourth-order valence-corrected chi connectivity index (χ4v) is 1.82. The lowest BCUT2D eigenvalue weighted by atomic mass is 10.0. The highest BCUT2D eigenvalue weighted by molar-refractivity contribution is 5.25. The highest BCUT2D eigenvalue weighted by atomic mass is 15.2. The summed E-state index contributed by atoms with van der Waals surface area (Å²) in [6, 6.07) is 8.64. The Labute approximate surface area is 94.1 Å². The Bertz CT molecular complexity index is 309. The van der Waals surface area contributed by atoms with Gasteiger partial charge in [0.1, 0.15) is 0 Å². The summed E-state index contributed by atoms with van der Waals surface area (Å²) in [5.41, 5.74) is 3.08. The van der Waals surface area contributed by atoms with Gasteiger partial charge in [0, 0.05) is 12.1 Å². The van der Waals surface area contributed by atoms with Crippen LogP contribution in [0.1, 0.15) is 38.8 Å². The van der Waals surface area contributed by atoms with E-state index in [1.165, 1.54) is 11.1 Å². The van der Waals surface area contributed by atoms with Gasteiger partial charge in [0.15, 0.2) is 0 Å². The first kappa shape index (κ1) is 12.3. The highest BCUT2D eigenvalue weighted by Crippen LogP contribution is 2.18. The van der Waals surface area contributed by atoms with Crippen LogP contribution in [0.2, 0.25) is 0 Å². The molecule has 15 heavy (non-hydrogen) atoms. The topological polar surface area (TPSA) is 3.24 Å². The normalized spacial score (nSPS) is 12.1. The molecule has 0 aliphatic rings. The number of nitrogens with zero attached hydrogens (tertiary/aromatic N) is 1. The van der Waals surface area contributed by atoms with Crippen molar-refractivity contribution >= 4 is 0 Å². The average Bonchev–Trinajstić information content (AvgIpc) is 2.14. The van der Waals surface area contributed by atoms with E-state index >= 15 is 0 Å². The van der Waals surface area contributed by atoms with Crippen LogP contribution in [0.3, 0.4) is 0 Å². The van der Waals surface area contributed by atoms with Crippen LogP contribution in [0.5, 0.6) is 0 Å². The number of rotatable bonds is 3. The van der Waals surface area contributed by atoms with Crippen LogP contribution in [0, 0.1) is 6.92 Å². The molecule has 0 bridgehead atoms. The molecule has 1 aromatic carbocycles. The third-order valence-corrected chi connectivity index (χ3v) is 2.95. The zero-order chi connectivity index (χ0) is 11.5. The average molecular weight is 205 g/mol. The van der Waals surface area contributed by atoms with Gasteiger partial charge in [-0.25, -0.2) is 0 Å². The summed E-state index contributed by atoms with van der Waals surface area (Å²) in [5, 5.41) is 0. The Morgan fingerprint density at radius 2 is 1.73 bits per heavy atom. The first-order chi connectivity index (χ1) is 6.95. The van der Waals surface area contributed by atoms with Crippen molar-refractivity contribution in [2.75, 3.05) is 6.54 Å². The summed E-state index contributed by atoms with van der Waals surface area (Å²) in [7, 11) is 0. The van der Waals surface area contributed by atoms with Crippen LogP contribution >= 0.6 is 0 Å². The van der Waals surface area contributed by atoms with Gasteiger partial charge in [-0.1, -0.05) is 31.2 Å². The molecule has 0 fully saturated rings. The van der Waals surface area contributed by atoms with Gasteiger partial charge in [-0.2, -0.15) is 0 Å².